The maximum Gasteiger partial charge on any atom is 0.310 e. The predicted octanol–water partition coefficient (Wildman–Crippen LogP) is 1.30. The van der Waals surface area contributed by atoms with Gasteiger partial charge in [0.15, 0.2) is 0 Å². The maximum atomic E-state index is 11.6. The van der Waals surface area contributed by atoms with Gasteiger partial charge in [-0.25, -0.2) is 0 Å². The zero-order valence-electron chi connectivity index (χ0n) is 10.4. The maximum absolute atomic E-state index is 11.6. The zero-order chi connectivity index (χ0) is 11.8. The van der Waals surface area contributed by atoms with Crippen molar-refractivity contribution in [1.29, 1.82) is 0 Å². The van der Waals surface area contributed by atoms with Crippen molar-refractivity contribution < 1.29 is 14.3 Å². The average molecular weight is 229 g/mol. The molecule has 1 unspecified atom stereocenters. The van der Waals surface area contributed by atoms with E-state index in [1.54, 1.807) is 7.11 Å². The third kappa shape index (κ3) is 4.49. The van der Waals surface area contributed by atoms with Crippen LogP contribution in [0.25, 0.3) is 0 Å². The zero-order valence-corrected chi connectivity index (χ0v) is 10.4. The summed E-state index contributed by atoms with van der Waals surface area (Å²) in [5.74, 6) is 0.0511. The molecule has 0 bridgehead atoms. The summed E-state index contributed by atoms with van der Waals surface area (Å²) in [6.45, 7) is 6.10. The van der Waals surface area contributed by atoms with Gasteiger partial charge in [0.2, 0.25) is 0 Å². The fourth-order valence-corrected chi connectivity index (χ4v) is 2.14. The van der Waals surface area contributed by atoms with E-state index in [9.17, 15) is 4.79 Å². The Morgan fingerprint density at radius 2 is 2.31 bits per heavy atom. The number of nitrogens with zero attached hydrogens (tertiary/aromatic N) is 1. The van der Waals surface area contributed by atoms with Gasteiger partial charge in [-0.15, -0.1) is 0 Å². The van der Waals surface area contributed by atoms with Gasteiger partial charge in [-0.3, -0.25) is 4.79 Å². The highest BCUT2D eigenvalue weighted by Gasteiger charge is 2.26. The van der Waals surface area contributed by atoms with Crippen LogP contribution >= 0.6 is 0 Å². The number of hydrogen-bond donors (Lipinski definition) is 0. The molecule has 16 heavy (non-hydrogen) atoms. The number of likely N-dealkylation sites (tertiary alicyclic amines) is 1. The molecule has 0 saturated carbocycles. The number of carbonyl (C=O) groups is 1. The van der Waals surface area contributed by atoms with Crippen LogP contribution in [-0.4, -0.2) is 50.8 Å². The molecule has 1 fully saturated rings. The van der Waals surface area contributed by atoms with Crippen molar-refractivity contribution in [3.05, 3.63) is 0 Å². The Balaban J connectivity index is 2.26. The fraction of sp³-hybridized carbons (Fsp3) is 0.917. The molecule has 1 rings (SSSR count). The first-order chi connectivity index (χ1) is 7.77. The minimum absolute atomic E-state index is 0.0288. The topological polar surface area (TPSA) is 38.8 Å². The van der Waals surface area contributed by atoms with E-state index in [4.69, 9.17) is 9.47 Å². The van der Waals surface area contributed by atoms with E-state index in [1.165, 1.54) is 0 Å². The first-order valence-corrected chi connectivity index (χ1v) is 6.15. The lowest BCUT2D eigenvalue weighted by Crippen LogP contribution is -2.40. The van der Waals surface area contributed by atoms with Gasteiger partial charge in [0.05, 0.1) is 12.5 Å². The van der Waals surface area contributed by atoms with Crippen LogP contribution in [-0.2, 0) is 14.3 Å². The van der Waals surface area contributed by atoms with Crippen LogP contribution in [0.2, 0.25) is 0 Å². The second-order valence-corrected chi connectivity index (χ2v) is 4.24. The predicted molar refractivity (Wildman–Crippen MR) is 62.3 cm³/mol. The van der Waals surface area contributed by atoms with Crippen molar-refractivity contribution in [2.45, 2.75) is 26.2 Å². The standard InChI is InChI=1S/C12H23NO3/c1-3-16-12(14)11-6-4-7-13(10-11)8-5-9-15-2/h11H,3-10H2,1-2H3. The molecular weight excluding hydrogens is 206 g/mol. The van der Waals surface area contributed by atoms with Crippen molar-refractivity contribution in [1.82, 2.24) is 4.90 Å². The molecule has 1 atom stereocenters. The number of hydrogen-bond acceptors (Lipinski definition) is 4. The Labute approximate surface area is 97.9 Å². The van der Waals surface area contributed by atoms with Crippen LogP contribution in [0.3, 0.4) is 0 Å². The second-order valence-electron chi connectivity index (χ2n) is 4.24. The smallest absolute Gasteiger partial charge is 0.310 e. The number of methoxy groups -OCH3 is 1. The van der Waals surface area contributed by atoms with Crippen molar-refractivity contribution in [2.24, 2.45) is 5.92 Å². The molecule has 0 N–H and O–H groups in total. The van der Waals surface area contributed by atoms with Crippen LogP contribution < -0.4 is 0 Å². The Bertz CT molecular complexity index is 208. The van der Waals surface area contributed by atoms with E-state index >= 15 is 0 Å². The van der Waals surface area contributed by atoms with E-state index in [1.807, 2.05) is 6.92 Å². The van der Waals surface area contributed by atoms with Gasteiger partial charge in [0, 0.05) is 26.8 Å². The molecule has 4 heteroatoms. The summed E-state index contributed by atoms with van der Waals surface area (Å²) in [6, 6.07) is 0. The van der Waals surface area contributed by atoms with Crippen molar-refractivity contribution in [3.8, 4) is 0 Å². The second kappa shape index (κ2) is 7.63. The number of piperidine rings is 1. The molecule has 94 valence electrons. The van der Waals surface area contributed by atoms with Gasteiger partial charge in [-0.2, -0.15) is 0 Å². The van der Waals surface area contributed by atoms with E-state index in [2.05, 4.69) is 4.90 Å². The summed E-state index contributed by atoms with van der Waals surface area (Å²) >= 11 is 0. The molecule has 4 nitrogen and oxygen atoms in total. The summed E-state index contributed by atoms with van der Waals surface area (Å²) in [4.78, 5) is 13.9. The molecule has 0 radical (unpaired) electrons. The Morgan fingerprint density at radius 3 is 3.00 bits per heavy atom. The van der Waals surface area contributed by atoms with Gasteiger partial charge in [0.25, 0.3) is 0 Å². The van der Waals surface area contributed by atoms with E-state index in [0.29, 0.717) is 6.61 Å². The third-order valence-corrected chi connectivity index (χ3v) is 2.95. The SMILES string of the molecule is CCOC(=O)C1CCCN(CCCOC)C1. The number of esters is 1. The summed E-state index contributed by atoms with van der Waals surface area (Å²) in [6.07, 6.45) is 3.10. The lowest BCUT2D eigenvalue weighted by molar-refractivity contribution is -0.149. The van der Waals surface area contributed by atoms with Crippen LogP contribution in [0.4, 0.5) is 0 Å². The number of carbonyl (C=O) groups excluding carboxylic acids is 1. The monoisotopic (exact) mass is 229 g/mol. The Morgan fingerprint density at radius 1 is 1.50 bits per heavy atom. The fourth-order valence-electron chi connectivity index (χ4n) is 2.14. The van der Waals surface area contributed by atoms with Crippen LogP contribution in [0.1, 0.15) is 26.2 Å². The van der Waals surface area contributed by atoms with Gasteiger partial charge in [-0.05, 0) is 32.7 Å². The molecule has 1 aliphatic heterocycles. The highest BCUT2D eigenvalue weighted by Crippen LogP contribution is 2.17. The lowest BCUT2D eigenvalue weighted by atomic mass is 9.98. The third-order valence-electron chi connectivity index (χ3n) is 2.95. The summed E-state index contributed by atoms with van der Waals surface area (Å²) in [7, 11) is 1.72. The van der Waals surface area contributed by atoms with Crippen molar-refractivity contribution >= 4 is 5.97 Å². The molecule has 1 heterocycles. The molecule has 0 spiro atoms. The summed E-state index contributed by atoms with van der Waals surface area (Å²) < 4.78 is 10.1. The van der Waals surface area contributed by atoms with Crippen LogP contribution in [0.15, 0.2) is 0 Å². The molecule has 0 aromatic heterocycles. The number of ether oxygens (including phenoxy) is 2. The van der Waals surface area contributed by atoms with Crippen molar-refractivity contribution in [2.75, 3.05) is 40.0 Å². The molecule has 0 amide bonds. The van der Waals surface area contributed by atoms with E-state index in [-0.39, 0.29) is 11.9 Å². The average Bonchev–Trinajstić information content (AvgIpc) is 2.30. The van der Waals surface area contributed by atoms with E-state index < -0.39 is 0 Å². The minimum atomic E-state index is -0.0288. The highest BCUT2D eigenvalue weighted by molar-refractivity contribution is 5.72. The largest absolute Gasteiger partial charge is 0.466 e. The minimum Gasteiger partial charge on any atom is -0.466 e. The molecule has 1 aliphatic rings. The first kappa shape index (κ1) is 13.5. The number of rotatable bonds is 6. The molecule has 0 aliphatic carbocycles. The lowest BCUT2D eigenvalue weighted by Gasteiger charge is -2.31. The molecule has 1 saturated heterocycles. The Kier molecular flexibility index (Phi) is 6.42. The van der Waals surface area contributed by atoms with Crippen molar-refractivity contribution in [3.63, 3.8) is 0 Å². The normalized spacial score (nSPS) is 22.0. The van der Waals surface area contributed by atoms with Gasteiger partial charge >= 0.3 is 5.97 Å². The summed E-state index contributed by atoms with van der Waals surface area (Å²) in [5.41, 5.74) is 0. The van der Waals surface area contributed by atoms with Gasteiger partial charge in [0.1, 0.15) is 0 Å². The van der Waals surface area contributed by atoms with Crippen LogP contribution in [0, 0.1) is 5.92 Å². The highest BCUT2D eigenvalue weighted by atomic mass is 16.5. The molecule has 0 aromatic rings. The molecular formula is C12H23NO3. The summed E-state index contributed by atoms with van der Waals surface area (Å²) in [5, 5.41) is 0. The first-order valence-electron chi connectivity index (χ1n) is 6.15. The van der Waals surface area contributed by atoms with Gasteiger partial charge in [-0.1, -0.05) is 0 Å². The Hall–Kier alpha value is -0.610. The molecule has 0 aromatic carbocycles. The van der Waals surface area contributed by atoms with Crippen LogP contribution in [0.5, 0.6) is 0 Å². The van der Waals surface area contributed by atoms with E-state index in [0.717, 1.165) is 45.5 Å². The van der Waals surface area contributed by atoms with Gasteiger partial charge < -0.3 is 14.4 Å². The quantitative estimate of drug-likeness (QED) is 0.508.